The van der Waals surface area contributed by atoms with Crippen LogP contribution >= 0.6 is 49.9 Å². The van der Waals surface area contributed by atoms with Crippen LogP contribution in [0.4, 0.5) is 0 Å². The average Bonchev–Trinajstić information content (AvgIpc) is 2.81. The highest BCUT2D eigenvalue weighted by molar-refractivity contribution is 14.1. The fourth-order valence-electron chi connectivity index (χ4n) is 1.72. The lowest BCUT2D eigenvalue weighted by Crippen LogP contribution is -1.72. The Kier molecular flexibility index (Phi) is 3.19. The molecule has 0 fully saturated rings. The summed E-state index contributed by atoms with van der Waals surface area (Å²) in [5.41, 5.74) is 1.23. The zero-order chi connectivity index (χ0) is 11.8. The van der Waals surface area contributed by atoms with E-state index in [1.165, 1.54) is 24.1 Å². The fraction of sp³-hybridized carbons (Fsp3) is 0. The summed E-state index contributed by atoms with van der Waals surface area (Å²) in [5.74, 6) is 0. The molecule has 1 nitrogen and oxygen atoms in total. The summed E-state index contributed by atoms with van der Waals surface area (Å²) in [6.45, 7) is 0. The summed E-state index contributed by atoms with van der Waals surface area (Å²) >= 11 is 7.82. The van der Waals surface area contributed by atoms with Gasteiger partial charge < -0.3 is 0 Å². The summed E-state index contributed by atoms with van der Waals surface area (Å²) < 4.78 is 3.79. The maximum absolute atomic E-state index is 4.05. The van der Waals surface area contributed by atoms with Crippen molar-refractivity contribution >= 4 is 59.9 Å². The van der Waals surface area contributed by atoms with Crippen molar-refractivity contribution in [2.75, 3.05) is 0 Å². The molecule has 0 spiro atoms. The number of thiophene rings is 1. The first-order valence-corrected chi connectivity index (χ1v) is 7.72. The molecule has 17 heavy (non-hydrogen) atoms. The Hall–Kier alpha value is -0.460. The molecule has 0 radical (unpaired) electrons. The molecule has 0 unspecified atom stereocenters. The van der Waals surface area contributed by atoms with Crippen LogP contribution in [0.15, 0.2) is 47.2 Å². The van der Waals surface area contributed by atoms with Gasteiger partial charge in [-0.1, -0.05) is 15.9 Å². The number of hydrogen-bond donors (Lipinski definition) is 0. The molecule has 0 bridgehead atoms. The third-order valence-corrected chi connectivity index (χ3v) is 5.72. The summed E-state index contributed by atoms with van der Waals surface area (Å²) in [6.07, 6.45) is 3.67. The zero-order valence-electron chi connectivity index (χ0n) is 8.65. The van der Waals surface area contributed by atoms with E-state index in [9.17, 15) is 0 Å². The molecule has 2 heterocycles. The number of pyridine rings is 1. The number of fused-ring (bicyclic) bond motifs is 1. The predicted molar refractivity (Wildman–Crippen MR) is 85.5 cm³/mol. The molecule has 3 aromatic rings. The first-order chi connectivity index (χ1) is 8.25. The summed E-state index contributed by atoms with van der Waals surface area (Å²) in [4.78, 5) is 5.34. The van der Waals surface area contributed by atoms with E-state index in [-0.39, 0.29) is 0 Å². The van der Waals surface area contributed by atoms with Gasteiger partial charge in [0.15, 0.2) is 0 Å². The van der Waals surface area contributed by atoms with Crippen molar-refractivity contribution in [3.8, 4) is 10.4 Å². The minimum Gasteiger partial charge on any atom is -0.265 e. The third-order valence-electron chi connectivity index (χ3n) is 2.55. The molecule has 0 saturated heterocycles. The monoisotopic (exact) mass is 415 g/mol. The molecule has 0 aliphatic rings. The second kappa shape index (κ2) is 4.66. The lowest BCUT2D eigenvalue weighted by Gasteiger charge is -1.95. The van der Waals surface area contributed by atoms with Crippen LogP contribution in [0.5, 0.6) is 0 Å². The van der Waals surface area contributed by atoms with Gasteiger partial charge in [-0.15, -0.1) is 11.3 Å². The van der Waals surface area contributed by atoms with Gasteiger partial charge in [-0.2, -0.15) is 0 Å². The van der Waals surface area contributed by atoms with Crippen molar-refractivity contribution < 1.29 is 0 Å². The minimum atomic E-state index is 1.16. The lowest BCUT2D eigenvalue weighted by atomic mass is 10.2. The molecule has 0 aliphatic heterocycles. The molecule has 0 N–H and O–H groups in total. The average molecular weight is 416 g/mol. The first-order valence-electron chi connectivity index (χ1n) is 5.03. The van der Waals surface area contributed by atoms with Crippen molar-refractivity contribution in [2.45, 2.75) is 0 Å². The molecule has 1 aromatic carbocycles. The number of aromatic nitrogens is 1. The molecule has 3 rings (SSSR count). The van der Waals surface area contributed by atoms with E-state index in [4.69, 9.17) is 0 Å². The molecule has 84 valence electrons. The number of benzene rings is 1. The van der Waals surface area contributed by atoms with Gasteiger partial charge in [-0.25, -0.2) is 0 Å². The van der Waals surface area contributed by atoms with E-state index in [1.807, 2.05) is 35.9 Å². The van der Waals surface area contributed by atoms with E-state index >= 15 is 0 Å². The number of halogens is 2. The van der Waals surface area contributed by atoms with Gasteiger partial charge in [-0.05, 0) is 58.5 Å². The molecule has 0 amide bonds. The Labute approximate surface area is 125 Å². The van der Waals surface area contributed by atoms with Gasteiger partial charge >= 0.3 is 0 Å². The maximum atomic E-state index is 4.05. The molecular weight excluding hydrogens is 409 g/mol. The summed E-state index contributed by atoms with van der Waals surface area (Å²) in [7, 11) is 0. The van der Waals surface area contributed by atoms with Gasteiger partial charge in [0.1, 0.15) is 0 Å². The van der Waals surface area contributed by atoms with Crippen LogP contribution in [-0.4, -0.2) is 4.98 Å². The third kappa shape index (κ3) is 2.13. The van der Waals surface area contributed by atoms with Crippen molar-refractivity contribution in [3.63, 3.8) is 0 Å². The lowest BCUT2D eigenvalue weighted by molar-refractivity contribution is 1.33. The van der Waals surface area contributed by atoms with Crippen LogP contribution in [0.1, 0.15) is 0 Å². The van der Waals surface area contributed by atoms with Gasteiger partial charge in [0.05, 0.1) is 0 Å². The normalized spacial score (nSPS) is 10.9. The molecule has 4 heteroatoms. The van der Waals surface area contributed by atoms with Gasteiger partial charge in [-0.3, -0.25) is 4.98 Å². The standard InChI is InChI=1S/C13H7BrINS/c14-10-1-2-11(15)13-9(10)7-12(17-13)8-3-5-16-6-4-8/h1-7H. The van der Waals surface area contributed by atoms with Gasteiger partial charge in [0, 0.05) is 35.4 Å². The predicted octanol–water partition coefficient (Wildman–Crippen LogP) is 5.33. The highest BCUT2D eigenvalue weighted by Crippen LogP contribution is 2.39. The Morgan fingerprint density at radius 2 is 1.88 bits per heavy atom. The number of nitrogens with zero attached hydrogens (tertiary/aromatic N) is 1. The molecule has 0 saturated carbocycles. The van der Waals surface area contributed by atoms with Gasteiger partial charge in [0.2, 0.25) is 0 Å². The van der Waals surface area contributed by atoms with Crippen LogP contribution < -0.4 is 0 Å². The first kappa shape index (κ1) is 11.6. The van der Waals surface area contributed by atoms with Crippen LogP contribution in [0.2, 0.25) is 0 Å². The van der Waals surface area contributed by atoms with E-state index in [2.05, 4.69) is 61.7 Å². The molecule has 0 aliphatic carbocycles. The highest BCUT2D eigenvalue weighted by atomic mass is 127. The quantitative estimate of drug-likeness (QED) is 0.489. The highest BCUT2D eigenvalue weighted by Gasteiger charge is 2.09. The summed E-state index contributed by atoms with van der Waals surface area (Å²) in [6, 6.07) is 10.6. The van der Waals surface area contributed by atoms with E-state index < -0.39 is 0 Å². The van der Waals surface area contributed by atoms with Crippen LogP contribution in [0.3, 0.4) is 0 Å². The topological polar surface area (TPSA) is 12.9 Å². The van der Waals surface area contributed by atoms with Crippen molar-refractivity contribution in [1.29, 1.82) is 0 Å². The zero-order valence-corrected chi connectivity index (χ0v) is 13.2. The van der Waals surface area contributed by atoms with Crippen LogP contribution in [0.25, 0.3) is 20.5 Å². The fourth-order valence-corrected chi connectivity index (χ4v) is 4.19. The van der Waals surface area contributed by atoms with E-state index in [0.717, 1.165) is 4.47 Å². The molecular formula is C13H7BrINS. The molecule has 2 aromatic heterocycles. The Bertz CT molecular complexity index is 639. The number of rotatable bonds is 1. The maximum Gasteiger partial charge on any atom is 0.0494 e. The largest absolute Gasteiger partial charge is 0.265 e. The van der Waals surface area contributed by atoms with E-state index in [0.29, 0.717) is 0 Å². The molecule has 0 atom stereocenters. The van der Waals surface area contributed by atoms with Gasteiger partial charge in [0.25, 0.3) is 0 Å². The van der Waals surface area contributed by atoms with E-state index in [1.54, 1.807) is 0 Å². The van der Waals surface area contributed by atoms with Crippen LogP contribution in [0, 0.1) is 3.57 Å². The SMILES string of the molecule is Brc1ccc(I)c2sc(-c3ccncc3)cc12. The Morgan fingerprint density at radius 3 is 2.59 bits per heavy atom. The summed E-state index contributed by atoms with van der Waals surface area (Å²) in [5, 5.41) is 1.29. The van der Waals surface area contributed by atoms with Crippen LogP contribution in [-0.2, 0) is 0 Å². The second-order valence-electron chi connectivity index (χ2n) is 3.62. The second-order valence-corrected chi connectivity index (χ2v) is 6.69. The Morgan fingerprint density at radius 1 is 1.12 bits per heavy atom. The van der Waals surface area contributed by atoms with Crippen molar-refractivity contribution in [3.05, 3.63) is 50.8 Å². The smallest absolute Gasteiger partial charge is 0.0494 e. The van der Waals surface area contributed by atoms with Crippen molar-refractivity contribution in [1.82, 2.24) is 4.98 Å². The number of hydrogen-bond acceptors (Lipinski definition) is 2. The van der Waals surface area contributed by atoms with Crippen molar-refractivity contribution in [2.24, 2.45) is 0 Å². The Balaban J connectivity index is 2.27. The minimum absolute atomic E-state index is 1.16.